The lowest BCUT2D eigenvalue weighted by Crippen LogP contribution is -2.17. The second-order valence-corrected chi connectivity index (χ2v) is 4.72. The third-order valence-corrected chi connectivity index (χ3v) is 2.93. The summed E-state index contributed by atoms with van der Waals surface area (Å²) in [5, 5.41) is 12.6. The fraction of sp³-hybridized carbons (Fsp3) is 0.154. The number of anilines is 1. The summed E-state index contributed by atoms with van der Waals surface area (Å²) in [6, 6.07) is 6.95. The van der Waals surface area contributed by atoms with Crippen molar-refractivity contribution in [1.82, 2.24) is 0 Å². The van der Waals surface area contributed by atoms with Gasteiger partial charge in [0.25, 0.3) is 0 Å². The van der Waals surface area contributed by atoms with E-state index in [4.69, 9.17) is 33.2 Å². The van der Waals surface area contributed by atoms with E-state index < -0.39 is 12.1 Å². The summed E-state index contributed by atoms with van der Waals surface area (Å²) >= 11 is 11.9. The smallest absolute Gasteiger partial charge is 0.304 e. The highest BCUT2D eigenvalue weighted by Crippen LogP contribution is 2.34. The minimum absolute atomic E-state index is 0.159. The number of benzene rings is 1. The number of fused-ring (bicyclic) bond motifs is 1. The SMILES string of the molecule is CC(=O)OC(C#N)/C=C1/Nc2ccc(Cl)cc2N=C1Cl. The van der Waals surface area contributed by atoms with Gasteiger partial charge in [-0.1, -0.05) is 23.2 Å². The van der Waals surface area contributed by atoms with E-state index in [0.717, 1.165) is 0 Å². The van der Waals surface area contributed by atoms with E-state index in [1.165, 1.54) is 13.0 Å². The molecule has 1 aliphatic heterocycles. The van der Waals surface area contributed by atoms with Crippen molar-refractivity contribution in [2.45, 2.75) is 13.0 Å². The number of halogens is 2. The zero-order valence-corrected chi connectivity index (χ0v) is 11.9. The highest BCUT2D eigenvalue weighted by Gasteiger charge is 2.18. The maximum absolute atomic E-state index is 10.9. The van der Waals surface area contributed by atoms with E-state index in [1.54, 1.807) is 18.2 Å². The molecule has 1 atom stereocenters. The monoisotopic (exact) mass is 309 g/mol. The van der Waals surface area contributed by atoms with Crippen LogP contribution in [-0.4, -0.2) is 17.2 Å². The van der Waals surface area contributed by atoms with Gasteiger partial charge in [-0.3, -0.25) is 4.79 Å². The van der Waals surface area contributed by atoms with Gasteiger partial charge < -0.3 is 10.1 Å². The predicted octanol–water partition coefficient (Wildman–Crippen LogP) is 3.37. The van der Waals surface area contributed by atoms with Gasteiger partial charge in [0.1, 0.15) is 6.07 Å². The van der Waals surface area contributed by atoms with Crippen molar-refractivity contribution in [3.63, 3.8) is 0 Å². The largest absolute Gasteiger partial charge is 0.443 e. The van der Waals surface area contributed by atoms with E-state index in [9.17, 15) is 4.79 Å². The van der Waals surface area contributed by atoms with E-state index in [0.29, 0.717) is 22.1 Å². The summed E-state index contributed by atoms with van der Waals surface area (Å²) in [6.45, 7) is 1.23. The molecule has 0 fully saturated rings. The Bertz CT molecular complexity index is 662. The normalized spacial score (nSPS) is 16.5. The Morgan fingerprint density at radius 1 is 1.55 bits per heavy atom. The molecule has 0 radical (unpaired) electrons. The van der Waals surface area contributed by atoms with Crippen LogP contribution in [0.1, 0.15) is 6.92 Å². The van der Waals surface area contributed by atoms with Gasteiger partial charge in [-0.2, -0.15) is 5.26 Å². The summed E-state index contributed by atoms with van der Waals surface area (Å²) in [6.07, 6.45) is 0.359. The molecule has 1 heterocycles. The lowest BCUT2D eigenvalue weighted by molar-refractivity contribution is -0.142. The number of rotatable bonds is 2. The van der Waals surface area contributed by atoms with Crippen LogP contribution in [0.5, 0.6) is 0 Å². The van der Waals surface area contributed by atoms with Crippen molar-refractivity contribution in [3.05, 3.63) is 35.0 Å². The van der Waals surface area contributed by atoms with Crippen LogP contribution in [0, 0.1) is 11.3 Å². The Kier molecular flexibility index (Phi) is 4.28. The first-order valence-electron chi connectivity index (χ1n) is 5.59. The maximum Gasteiger partial charge on any atom is 0.304 e. The number of ether oxygens (including phenoxy) is 1. The summed E-state index contributed by atoms with van der Waals surface area (Å²) < 4.78 is 4.81. The molecule has 20 heavy (non-hydrogen) atoms. The van der Waals surface area contributed by atoms with Crippen molar-refractivity contribution < 1.29 is 9.53 Å². The first-order valence-corrected chi connectivity index (χ1v) is 6.35. The highest BCUT2D eigenvalue weighted by atomic mass is 35.5. The fourth-order valence-corrected chi connectivity index (χ4v) is 1.97. The van der Waals surface area contributed by atoms with Crippen LogP contribution >= 0.6 is 23.2 Å². The Morgan fingerprint density at radius 3 is 2.95 bits per heavy atom. The van der Waals surface area contributed by atoms with Gasteiger partial charge in [0.05, 0.1) is 17.1 Å². The molecule has 5 nitrogen and oxygen atoms in total. The molecular formula is C13H9Cl2N3O2. The third kappa shape index (κ3) is 3.29. The average molecular weight is 310 g/mol. The van der Waals surface area contributed by atoms with Gasteiger partial charge >= 0.3 is 5.97 Å². The second kappa shape index (κ2) is 5.95. The standard InChI is InChI=1S/C13H9Cl2N3O2/c1-7(19)20-9(6-16)5-12-13(15)18-11-4-8(14)2-3-10(11)17-12/h2-5,9,17H,1H3/b12-5+. The summed E-state index contributed by atoms with van der Waals surface area (Å²) in [4.78, 5) is 15.0. The lowest BCUT2D eigenvalue weighted by Gasteiger charge is -2.18. The van der Waals surface area contributed by atoms with E-state index in [-0.39, 0.29) is 5.17 Å². The minimum Gasteiger partial charge on any atom is -0.443 e. The molecule has 0 aliphatic carbocycles. The number of hydrogen-bond acceptors (Lipinski definition) is 5. The molecular weight excluding hydrogens is 301 g/mol. The molecule has 1 aromatic carbocycles. The van der Waals surface area contributed by atoms with Crippen LogP contribution in [0.25, 0.3) is 0 Å². The van der Waals surface area contributed by atoms with Crippen molar-refractivity contribution >= 4 is 45.7 Å². The first-order chi connectivity index (χ1) is 9.49. The number of hydrogen-bond donors (Lipinski definition) is 1. The number of carbonyl (C=O) groups is 1. The van der Waals surface area contributed by atoms with Gasteiger partial charge in [0.2, 0.25) is 6.10 Å². The van der Waals surface area contributed by atoms with Gasteiger partial charge in [0, 0.05) is 11.9 Å². The molecule has 102 valence electrons. The van der Waals surface area contributed by atoms with Crippen molar-refractivity contribution in [3.8, 4) is 6.07 Å². The van der Waals surface area contributed by atoms with Crippen LogP contribution in [0.2, 0.25) is 5.02 Å². The van der Waals surface area contributed by atoms with E-state index in [1.807, 2.05) is 6.07 Å². The molecule has 7 heteroatoms. The van der Waals surface area contributed by atoms with Gasteiger partial charge in [-0.05, 0) is 24.3 Å². The topological polar surface area (TPSA) is 74.5 Å². The van der Waals surface area contributed by atoms with Crippen molar-refractivity contribution in [2.75, 3.05) is 5.32 Å². The Hall–Kier alpha value is -2.03. The van der Waals surface area contributed by atoms with Gasteiger partial charge in [-0.15, -0.1) is 0 Å². The molecule has 2 rings (SSSR count). The third-order valence-electron chi connectivity index (χ3n) is 2.41. The van der Waals surface area contributed by atoms with Gasteiger partial charge in [-0.25, -0.2) is 4.99 Å². The summed E-state index contributed by atoms with van der Waals surface area (Å²) in [5.41, 5.74) is 1.69. The molecule has 0 spiro atoms. The van der Waals surface area contributed by atoms with Gasteiger partial charge in [0.15, 0.2) is 5.17 Å². The zero-order valence-electron chi connectivity index (χ0n) is 10.4. The fourth-order valence-electron chi connectivity index (χ4n) is 1.60. The lowest BCUT2D eigenvalue weighted by atomic mass is 10.2. The number of nitrogens with one attached hydrogen (secondary N) is 1. The minimum atomic E-state index is -1.03. The second-order valence-electron chi connectivity index (χ2n) is 3.93. The average Bonchev–Trinajstić information content (AvgIpc) is 2.38. The molecule has 1 aromatic rings. The maximum atomic E-state index is 10.9. The Labute approximate surface area is 125 Å². The zero-order chi connectivity index (χ0) is 14.7. The first kappa shape index (κ1) is 14.4. The molecule has 1 N–H and O–H groups in total. The molecule has 0 saturated heterocycles. The van der Waals surface area contributed by atoms with Crippen molar-refractivity contribution in [2.24, 2.45) is 4.99 Å². The molecule has 0 bridgehead atoms. The van der Waals surface area contributed by atoms with Crippen LogP contribution < -0.4 is 5.32 Å². The number of esters is 1. The number of nitrogens with zero attached hydrogens (tertiary/aromatic N) is 2. The van der Waals surface area contributed by atoms with Crippen LogP contribution in [0.15, 0.2) is 35.0 Å². The van der Waals surface area contributed by atoms with E-state index in [2.05, 4.69) is 10.3 Å². The predicted molar refractivity (Wildman–Crippen MR) is 77.3 cm³/mol. The molecule has 0 aromatic heterocycles. The van der Waals surface area contributed by atoms with E-state index >= 15 is 0 Å². The number of nitriles is 1. The quantitative estimate of drug-likeness (QED) is 0.850. The molecule has 1 aliphatic rings. The number of carbonyl (C=O) groups excluding carboxylic acids is 1. The molecule has 1 unspecified atom stereocenters. The van der Waals surface area contributed by atoms with Crippen LogP contribution in [-0.2, 0) is 9.53 Å². The van der Waals surface area contributed by atoms with Crippen molar-refractivity contribution in [1.29, 1.82) is 5.26 Å². The summed E-state index contributed by atoms with van der Waals surface area (Å²) in [5.74, 6) is -0.551. The molecule has 0 saturated carbocycles. The summed E-state index contributed by atoms with van der Waals surface area (Å²) in [7, 11) is 0. The molecule has 0 amide bonds. The van der Waals surface area contributed by atoms with Crippen LogP contribution in [0.4, 0.5) is 11.4 Å². The number of aliphatic imine (C=N–C) groups is 1. The number of allylic oxidation sites excluding steroid dienone is 1. The Morgan fingerprint density at radius 2 is 2.30 bits per heavy atom. The van der Waals surface area contributed by atoms with Crippen LogP contribution in [0.3, 0.4) is 0 Å². The Balaban J connectivity index is 2.31. The highest BCUT2D eigenvalue weighted by molar-refractivity contribution is 6.70.